The molecule has 1 fully saturated rings. The normalized spacial score (nSPS) is 15.2. The lowest BCUT2D eigenvalue weighted by Gasteiger charge is -2.24. The van der Waals surface area contributed by atoms with Crippen molar-refractivity contribution in [2.75, 3.05) is 18.4 Å². The molecule has 134 valence electrons. The third-order valence-corrected chi connectivity index (χ3v) is 4.87. The van der Waals surface area contributed by atoms with Crippen LogP contribution in [0.4, 0.5) is 5.95 Å². The highest BCUT2D eigenvalue weighted by molar-refractivity contribution is 5.87. The van der Waals surface area contributed by atoms with Crippen LogP contribution < -0.4 is 10.6 Å². The summed E-state index contributed by atoms with van der Waals surface area (Å²) in [7, 11) is 0. The summed E-state index contributed by atoms with van der Waals surface area (Å²) in [5, 5.41) is 16.1. The molecule has 0 spiro atoms. The number of rotatable bonds is 5. The van der Waals surface area contributed by atoms with Gasteiger partial charge in [0.15, 0.2) is 0 Å². The number of imidazole rings is 1. The van der Waals surface area contributed by atoms with Crippen molar-refractivity contribution in [2.24, 2.45) is 0 Å². The van der Waals surface area contributed by atoms with E-state index < -0.39 is 5.97 Å². The van der Waals surface area contributed by atoms with Gasteiger partial charge >= 0.3 is 5.97 Å². The molecule has 6 nitrogen and oxygen atoms in total. The molecule has 1 aromatic heterocycles. The third kappa shape index (κ3) is 3.41. The molecule has 2 heterocycles. The summed E-state index contributed by atoms with van der Waals surface area (Å²) in [5.74, 6) is -0.0293. The zero-order valence-electron chi connectivity index (χ0n) is 14.5. The van der Waals surface area contributed by atoms with Crippen molar-refractivity contribution in [2.45, 2.75) is 25.4 Å². The average molecular weight is 350 g/mol. The number of carbonyl (C=O) groups is 1. The van der Waals surface area contributed by atoms with E-state index in [4.69, 9.17) is 10.1 Å². The van der Waals surface area contributed by atoms with Gasteiger partial charge in [-0.25, -0.2) is 9.78 Å². The summed E-state index contributed by atoms with van der Waals surface area (Å²) in [6.07, 6.45) is 2.16. The highest BCUT2D eigenvalue weighted by atomic mass is 16.4. The Morgan fingerprint density at radius 2 is 1.88 bits per heavy atom. The Morgan fingerprint density at radius 1 is 1.15 bits per heavy atom. The molecule has 1 saturated heterocycles. The molecule has 3 N–H and O–H groups in total. The molecule has 0 radical (unpaired) electrons. The minimum atomic E-state index is -0.905. The molecule has 0 saturated carbocycles. The molecule has 1 aliphatic heterocycles. The second-order valence-corrected chi connectivity index (χ2v) is 6.68. The number of nitrogens with zero attached hydrogens (tertiary/aromatic N) is 2. The molecule has 1 aliphatic rings. The first-order valence-corrected chi connectivity index (χ1v) is 8.95. The summed E-state index contributed by atoms with van der Waals surface area (Å²) < 4.78 is 2.17. The second-order valence-electron chi connectivity index (χ2n) is 6.68. The van der Waals surface area contributed by atoms with Crippen LogP contribution in [0.5, 0.6) is 0 Å². The van der Waals surface area contributed by atoms with E-state index in [1.54, 1.807) is 12.1 Å². The molecule has 0 unspecified atom stereocenters. The van der Waals surface area contributed by atoms with Crippen LogP contribution in [-0.4, -0.2) is 39.8 Å². The van der Waals surface area contributed by atoms with Gasteiger partial charge in [-0.3, -0.25) is 0 Å². The van der Waals surface area contributed by atoms with Gasteiger partial charge in [0.2, 0.25) is 5.95 Å². The fourth-order valence-electron chi connectivity index (χ4n) is 3.43. The van der Waals surface area contributed by atoms with Crippen LogP contribution in [0, 0.1) is 0 Å². The molecule has 0 aliphatic carbocycles. The van der Waals surface area contributed by atoms with Gasteiger partial charge in [0, 0.05) is 6.04 Å². The molecule has 3 aromatic rings. The predicted molar refractivity (Wildman–Crippen MR) is 102 cm³/mol. The Bertz CT molecular complexity index is 911. The lowest BCUT2D eigenvalue weighted by Crippen LogP contribution is -2.36. The minimum absolute atomic E-state index is 0.303. The number of hydrogen-bond donors (Lipinski definition) is 3. The maximum Gasteiger partial charge on any atom is 0.335 e. The van der Waals surface area contributed by atoms with Gasteiger partial charge in [0.05, 0.1) is 23.1 Å². The van der Waals surface area contributed by atoms with E-state index in [1.165, 1.54) is 0 Å². The average Bonchev–Trinajstić information content (AvgIpc) is 3.00. The molecule has 0 bridgehead atoms. The van der Waals surface area contributed by atoms with E-state index >= 15 is 0 Å². The Morgan fingerprint density at radius 3 is 2.62 bits per heavy atom. The molecule has 6 heteroatoms. The molecule has 4 rings (SSSR count). The number of anilines is 1. The quantitative estimate of drug-likeness (QED) is 0.659. The Labute approximate surface area is 151 Å². The summed E-state index contributed by atoms with van der Waals surface area (Å²) in [5.41, 5.74) is 3.39. The van der Waals surface area contributed by atoms with Crippen LogP contribution in [-0.2, 0) is 6.54 Å². The van der Waals surface area contributed by atoms with Crippen molar-refractivity contribution >= 4 is 23.0 Å². The van der Waals surface area contributed by atoms with Crippen molar-refractivity contribution in [1.82, 2.24) is 14.9 Å². The van der Waals surface area contributed by atoms with E-state index in [1.807, 2.05) is 30.3 Å². The SMILES string of the molecule is O=C(O)c1ccc(Cn2c(NC3CCNCC3)nc3ccccc32)cc1. The lowest BCUT2D eigenvalue weighted by molar-refractivity contribution is 0.0697. The Kier molecular flexibility index (Phi) is 4.58. The summed E-state index contributed by atoms with van der Waals surface area (Å²) in [6.45, 7) is 2.69. The highest BCUT2D eigenvalue weighted by Crippen LogP contribution is 2.23. The van der Waals surface area contributed by atoms with Gasteiger partial charge in [-0.2, -0.15) is 0 Å². The van der Waals surface area contributed by atoms with Gasteiger partial charge in [-0.15, -0.1) is 0 Å². The van der Waals surface area contributed by atoms with Gasteiger partial charge in [0.25, 0.3) is 0 Å². The third-order valence-electron chi connectivity index (χ3n) is 4.87. The van der Waals surface area contributed by atoms with Gasteiger partial charge in [-0.05, 0) is 55.8 Å². The number of para-hydroxylation sites is 2. The number of nitrogens with one attached hydrogen (secondary N) is 2. The van der Waals surface area contributed by atoms with Crippen LogP contribution in [0.3, 0.4) is 0 Å². The Hall–Kier alpha value is -2.86. The topological polar surface area (TPSA) is 79.2 Å². The number of piperidine rings is 1. The first-order valence-electron chi connectivity index (χ1n) is 8.95. The number of hydrogen-bond acceptors (Lipinski definition) is 4. The van der Waals surface area contributed by atoms with Crippen LogP contribution in [0.2, 0.25) is 0 Å². The monoisotopic (exact) mass is 350 g/mol. The van der Waals surface area contributed by atoms with E-state index in [-0.39, 0.29) is 0 Å². The smallest absolute Gasteiger partial charge is 0.335 e. The lowest BCUT2D eigenvalue weighted by atomic mass is 10.1. The fraction of sp³-hybridized carbons (Fsp3) is 0.300. The van der Waals surface area contributed by atoms with Crippen LogP contribution >= 0.6 is 0 Å². The largest absolute Gasteiger partial charge is 0.478 e. The van der Waals surface area contributed by atoms with Crippen molar-refractivity contribution in [1.29, 1.82) is 0 Å². The molecule has 26 heavy (non-hydrogen) atoms. The van der Waals surface area contributed by atoms with Crippen molar-refractivity contribution in [3.63, 3.8) is 0 Å². The van der Waals surface area contributed by atoms with Gasteiger partial charge in [-0.1, -0.05) is 24.3 Å². The van der Waals surface area contributed by atoms with E-state index in [9.17, 15) is 4.79 Å². The first-order chi connectivity index (χ1) is 12.7. The zero-order valence-corrected chi connectivity index (χ0v) is 14.5. The summed E-state index contributed by atoms with van der Waals surface area (Å²) in [6, 6.07) is 15.6. The number of carboxylic acid groups (broad SMARTS) is 1. The van der Waals surface area contributed by atoms with Crippen molar-refractivity contribution in [3.05, 3.63) is 59.7 Å². The summed E-state index contributed by atoms with van der Waals surface area (Å²) >= 11 is 0. The molecule has 0 amide bonds. The first kappa shape index (κ1) is 16.6. The number of aromatic nitrogens is 2. The molecular formula is C20H22N4O2. The number of fused-ring (bicyclic) bond motifs is 1. The van der Waals surface area contributed by atoms with Crippen molar-refractivity contribution < 1.29 is 9.90 Å². The van der Waals surface area contributed by atoms with Crippen LogP contribution in [0.1, 0.15) is 28.8 Å². The maximum absolute atomic E-state index is 11.0. The molecular weight excluding hydrogens is 328 g/mol. The summed E-state index contributed by atoms with van der Waals surface area (Å²) in [4.78, 5) is 15.8. The van der Waals surface area contributed by atoms with Crippen LogP contribution in [0.15, 0.2) is 48.5 Å². The number of aromatic carboxylic acids is 1. The maximum atomic E-state index is 11.0. The predicted octanol–water partition coefficient (Wildman–Crippen LogP) is 2.95. The van der Waals surface area contributed by atoms with E-state index in [0.29, 0.717) is 18.2 Å². The molecule has 2 aromatic carbocycles. The fourth-order valence-corrected chi connectivity index (χ4v) is 3.43. The Balaban J connectivity index is 1.65. The second kappa shape index (κ2) is 7.17. The zero-order chi connectivity index (χ0) is 17.9. The highest BCUT2D eigenvalue weighted by Gasteiger charge is 2.17. The van der Waals surface area contributed by atoms with E-state index in [2.05, 4.69) is 21.3 Å². The number of benzene rings is 2. The van der Waals surface area contributed by atoms with Crippen molar-refractivity contribution in [3.8, 4) is 0 Å². The van der Waals surface area contributed by atoms with E-state index in [0.717, 1.165) is 48.5 Å². The van der Waals surface area contributed by atoms with Gasteiger partial charge < -0.3 is 20.3 Å². The van der Waals surface area contributed by atoms with Gasteiger partial charge in [0.1, 0.15) is 0 Å². The van der Waals surface area contributed by atoms with Crippen LogP contribution in [0.25, 0.3) is 11.0 Å². The standard InChI is InChI=1S/C20H22N4O2/c25-19(26)15-7-5-14(6-8-15)13-24-18-4-2-1-3-17(18)23-20(24)22-16-9-11-21-12-10-16/h1-8,16,21H,9-13H2,(H,22,23)(H,25,26). The molecule has 0 atom stereocenters. The number of carboxylic acids is 1. The minimum Gasteiger partial charge on any atom is -0.478 e.